The molecular weight excluding hydrogens is 278 g/mol. The molecule has 1 saturated heterocycles. The van der Waals surface area contributed by atoms with Gasteiger partial charge in [0.2, 0.25) is 0 Å². The van der Waals surface area contributed by atoms with Gasteiger partial charge in [-0.25, -0.2) is 0 Å². The van der Waals surface area contributed by atoms with Gasteiger partial charge in [0.05, 0.1) is 13.2 Å². The lowest BCUT2D eigenvalue weighted by Gasteiger charge is -2.25. The van der Waals surface area contributed by atoms with E-state index in [1.165, 1.54) is 7.11 Å². The molecule has 4 nitrogen and oxygen atoms in total. The fourth-order valence-electron chi connectivity index (χ4n) is 2.73. The number of ether oxygens (including phenoxy) is 1. The number of hydrogen-bond acceptors (Lipinski definition) is 4. The van der Waals surface area contributed by atoms with Crippen molar-refractivity contribution in [3.63, 3.8) is 0 Å². The first-order valence-electron chi connectivity index (χ1n) is 6.76. The predicted octanol–water partition coefficient (Wildman–Crippen LogP) is 2.05. The van der Waals surface area contributed by atoms with Gasteiger partial charge in [-0.15, -0.1) is 0 Å². The van der Waals surface area contributed by atoms with Gasteiger partial charge in [-0.05, 0) is 23.6 Å². The molecule has 2 rings (SSSR count). The van der Waals surface area contributed by atoms with Crippen LogP contribution in [0.4, 0.5) is 0 Å². The third-order valence-electron chi connectivity index (χ3n) is 3.78. The normalized spacial score (nSPS) is 24.6. The lowest BCUT2D eigenvalue weighted by atomic mass is 10.0. The molecule has 110 valence electrons. The second-order valence-corrected chi connectivity index (χ2v) is 5.77. The average molecular weight is 298 g/mol. The average Bonchev–Trinajstić information content (AvgIpc) is 2.78. The Labute approximate surface area is 124 Å². The number of likely N-dealkylation sites (tertiary alicyclic amines) is 1. The Morgan fingerprint density at radius 3 is 3.00 bits per heavy atom. The van der Waals surface area contributed by atoms with Crippen molar-refractivity contribution in [2.75, 3.05) is 20.2 Å². The summed E-state index contributed by atoms with van der Waals surface area (Å²) in [5, 5.41) is 10.5. The van der Waals surface area contributed by atoms with Crippen LogP contribution in [0, 0.1) is 0 Å². The van der Waals surface area contributed by atoms with Crippen LogP contribution in [0.15, 0.2) is 24.3 Å². The molecule has 1 aliphatic rings. The molecule has 0 bridgehead atoms. The van der Waals surface area contributed by atoms with Gasteiger partial charge in [0.15, 0.2) is 0 Å². The maximum absolute atomic E-state index is 11.7. The minimum Gasteiger partial charge on any atom is -0.468 e. The van der Waals surface area contributed by atoms with E-state index in [1.54, 1.807) is 0 Å². The van der Waals surface area contributed by atoms with E-state index in [0.29, 0.717) is 24.5 Å². The minimum absolute atomic E-state index is 0.228. The highest BCUT2D eigenvalue weighted by molar-refractivity contribution is 6.30. The number of nitrogens with zero attached hydrogens (tertiary/aromatic N) is 1. The number of methoxy groups -OCH3 is 1. The number of β-amino-alcohol motifs (C(OH)–C–C–N with tert-alkyl or cyclic N) is 1. The lowest BCUT2D eigenvalue weighted by molar-refractivity contribution is -0.145. The van der Waals surface area contributed by atoms with E-state index in [9.17, 15) is 9.90 Å². The summed E-state index contributed by atoms with van der Waals surface area (Å²) in [6.45, 7) is 3.28. The number of carbonyl (C=O) groups excluding carboxylic acids is 1. The van der Waals surface area contributed by atoms with E-state index >= 15 is 0 Å². The van der Waals surface area contributed by atoms with Crippen molar-refractivity contribution in [3.05, 3.63) is 34.9 Å². The van der Waals surface area contributed by atoms with Crippen LogP contribution in [0.1, 0.15) is 24.8 Å². The molecule has 0 amide bonds. The molecule has 0 aromatic heterocycles. The number of benzene rings is 1. The smallest absolute Gasteiger partial charge is 0.323 e. The largest absolute Gasteiger partial charge is 0.468 e. The first kappa shape index (κ1) is 15.3. The van der Waals surface area contributed by atoms with Crippen LogP contribution in [0.2, 0.25) is 5.02 Å². The van der Waals surface area contributed by atoms with Crippen LogP contribution >= 0.6 is 11.6 Å². The molecule has 5 heteroatoms. The first-order chi connectivity index (χ1) is 9.51. The highest BCUT2D eigenvalue weighted by Gasteiger charge is 2.37. The van der Waals surface area contributed by atoms with Crippen molar-refractivity contribution < 1.29 is 14.6 Å². The predicted molar refractivity (Wildman–Crippen MR) is 77.9 cm³/mol. The quantitative estimate of drug-likeness (QED) is 0.864. The Hall–Kier alpha value is -1.10. The molecule has 1 fully saturated rings. The van der Waals surface area contributed by atoms with Crippen LogP contribution in [0.5, 0.6) is 0 Å². The molecule has 1 aromatic rings. The summed E-state index contributed by atoms with van der Waals surface area (Å²) in [5.41, 5.74) is 1.13. The van der Waals surface area contributed by atoms with Crippen molar-refractivity contribution in [2.24, 2.45) is 0 Å². The summed E-state index contributed by atoms with van der Waals surface area (Å²) in [6, 6.07) is 7.37. The van der Waals surface area contributed by atoms with E-state index in [1.807, 2.05) is 29.2 Å². The van der Waals surface area contributed by atoms with Crippen molar-refractivity contribution in [1.82, 2.24) is 4.90 Å². The molecule has 20 heavy (non-hydrogen) atoms. The zero-order chi connectivity index (χ0) is 14.7. The van der Waals surface area contributed by atoms with E-state index in [0.717, 1.165) is 5.56 Å². The van der Waals surface area contributed by atoms with Crippen LogP contribution in [0.25, 0.3) is 0 Å². The Balaban J connectivity index is 2.06. The SMILES string of the molecule is COC(=O)[C@@H]1C[C@H](O)CN1CC(C)c1cccc(Cl)c1. The molecule has 1 heterocycles. The van der Waals surface area contributed by atoms with Crippen LogP contribution in [-0.4, -0.2) is 48.3 Å². The van der Waals surface area contributed by atoms with Crippen LogP contribution < -0.4 is 0 Å². The molecule has 1 unspecified atom stereocenters. The standard InChI is InChI=1S/C15H20ClNO3/c1-10(11-4-3-5-12(16)6-11)8-17-9-13(18)7-14(17)15(19)20-2/h3-6,10,13-14,18H,7-9H2,1-2H3/t10?,13-,14-/m0/s1. The second-order valence-electron chi connectivity index (χ2n) is 5.34. The maximum Gasteiger partial charge on any atom is 0.323 e. The van der Waals surface area contributed by atoms with Crippen molar-refractivity contribution >= 4 is 17.6 Å². The van der Waals surface area contributed by atoms with E-state index in [4.69, 9.17) is 16.3 Å². The molecule has 1 aliphatic heterocycles. The molecule has 0 aliphatic carbocycles. The fraction of sp³-hybridized carbons (Fsp3) is 0.533. The molecule has 0 radical (unpaired) electrons. The number of aliphatic hydroxyl groups is 1. The molecule has 1 aromatic carbocycles. The van der Waals surface area contributed by atoms with Crippen molar-refractivity contribution in [1.29, 1.82) is 0 Å². The summed E-state index contributed by atoms with van der Waals surface area (Å²) in [6.07, 6.45) is -0.0276. The summed E-state index contributed by atoms with van der Waals surface area (Å²) in [4.78, 5) is 13.7. The van der Waals surface area contributed by atoms with E-state index in [2.05, 4.69) is 6.92 Å². The van der Waals surface area contributed by atoms with Gasteiger partial charge in [-0.2, -0.15) is 0 Å². The third-order valence-corrected chi connectivity index (χ3v) is 4.02. The van der Waals surface area contributed by atoms with Gasteiger partial charge in [-0.1, -0.05) is 30.7 Å². The van der Waals surface area contributed by atoms with Crippen molar-refractivity contribution in [3.8, 4) is 0 Å². The van der Waals surface area contributed by atoms with E-state index < -0.39 is 6.10 Å². The molecule has 3 atom stereocenters. The molecule has 0 spiro atoms. The number of esters is 1. The first-order valence-corrected chi connectivity index (χ1v) is 7.14. The molecule has 1 N–H and O–H groups in total. The molecular formula is C15H20ClNO3. The number of halogens is 1. The van der Waals surface area contributed by atoms with Crippen molar-refractivity contribution in [2.45, 2.75) is 31.4 Å². The van der Waals surface area contributed by atoms with Gasteiger partial charge in [0.25, 0.3) is 0 Å². The number of rotatable bonds is 4. The number of carbonyl (C=O) groups is 1. The minimum atomic E-state index is -0.467. The highest BCUT2D eigenvalue weighted by Crippen LogP contribution is 2.25. The van der Waals surface area contributed by atoms with E-state index in [-0.39, 0.29) is 17.9 Å². The Morgan fingerprint density at radius 1 is 1.60 bits per heavy atom. The maximum atomic E-state index is 11.7. The Morgan fingerprint density at radius 2 is 2.35 bits per heavy atom. The fourth-order valence-corrected chi connectivity index (χ4v) is 2.93. The van der Waals surface area contributed by atoms with Gasteiger partial charge < -0.3 is 9.84 Å². The molecule has 0 saturated carbocycles. The summed E-state index contributed by atoms with van der Waals surface area (Å²) in [7, 11) is 1.38. The third kappa shape index (κ3) is 3.51. The summed E-state index contributed by atoms with van der Waals surface area (Å²) >= 11 is 6.00. The van der Waals surface area contributed by atoms with Gasteiger partial charge in [-0.3, -0.25) is 9.69 Å². The zero-order valence-electron chi connectivity index (χ0n) is 11.8. The summed E-state index contributed by atoms with van der Waals surface area (Å²) in [5.74, 6) is -0.0500. The van der Waals surface area contributed by atoms with Crippen LogP contribution in [-0.2, 0) is 9.53 Å². The number of hydrogen-bond donors (Lipinski definition) is 1. The van der Waals surface area contributed by atoms with Gasteiger partial charge in [0, 0.05) is 24.5 Å². The number of aliphatic hydroxyl groups excluding tert-OH is 1. The summed E-state index contributed by atoms with van der Waals surface area (Å²) < 4.78 is 4.81. The Bertz CT molecular complexity index is 480. The highest BCUT2D eigenvalue weighted by atomic mass is 35.5. The Kier molecular flexibility index (Phi) is 5.02. The van der Waals surface area contributed by atoms with Gasteiger partial charge in [0.1, 0.15) is 6.04 Å². The van der Waals surface area contributed by atoms with Gasteiger partial charge >= 0.3 is 5.97 Å². The monoisotopic (exact) mass is 297 g/mol. The zero-order valence-corrected chi connectivity index (χ0v) is 12.5. The second kappa shape index (κ2) is 6.57. The topological polar surface area (TPSA) is 49.8 Å². The van der Waals surface area contributed by atoms with Crippen LogP contribution in [0.3, 0.4) is 0 Å². The lowest BCUT2D eigenvalue weighted by Crippen LogP contribution is -2.39.